The van der Waals surface area contributed by atoms with E-state index in [9.17, 15) is 0 Å². The molecule has 0 amide bonds. The van der Waals surface area contributed by atoms with Gasteiger partial charge < -0.3 is 5.32 Å². The number of nitrogens with zero attached hydrogens (tertiary/aromatic N) is 1. The van der Waals surface area contributed by atoms with Gasteiger partial charge in [0.05, 0.1) is 0 Å². The van der Waals surface area contributed by atoms with Gasteiger partial charge in [0.15, 0.2) is 0 Å². The Morgan fingerprint density at radius 2 is 2.12 bits per heavy atom. The van der Waals surface area contributed by atoms with Gasteiger partial charge in [0.25, 0.3) is 0 Å². The van der Waals surface area contributed by atoms with E-state index in [1.54, 1.807) is 0 Å². The van der Waals surface area contributed by atoms with Crippen molar-refractivity contribution in [3.8, 4) is 0 Å². The van der Waals surface area contributed by atoms with Crippen LogP contribution in [0.3, 0.4) is 0 Å². The van der Waals surface area contributed by atoms with Crippen LogP contribution in [-0.4, -0.2) is 37.1 Å². The van der Waals surface area contributed by atoms with Crippen molar-refractivity contribution >= 4 is 0 Å². The van der Waals surface area contributed by atoms with Gasteiger partial charge >= 0.3 is 0 Å². The highest BCUT2D eigenvalue weighted by molar-refractivity contribution is 5.14. The number of nitrogens with one attached hydrogen (secondary N) is 1. The molecule has 1 unspecified atom stereocenters. The van der Waals surface area contributed by atoms with E-state index in [1.807, 2.05) is 0 Å². The van der Waals surface area contributed by atoms with E-state index in [0.29, 0.717) is 0 Å². The summed E-state index contributed by atoms with van der Waals surface area (Å²) in [5, 5.41) is 3.44. The number of likely N-dealkylation sites (N-methyl/N-ethyl adjacent to an activating group) is 1. The Labute approximate surface area is 98.7 Å². The molecule has 0 aromatic heterocycles. The average molecular weight is 218 g/mol. The second-order valence-corrected chi connectivity index (χ2v) is 4.51. The maximum Gasteiger partial charge on any atom is 0.0232 e. The van der Waals surface area contributed by atoms with Gasteiger partial charge in [0, 0.05) is 19.1 Å². The van der Waals surface area contributed by atoms with Gasteiger partial charge in [-0.1, -0.05) is 37.3 Å². The molecule has 88 valence electrons. The van der Waals surface area contributed by atoms with Crippen LogP contribution in [0.1, 0.15) is 18.9 Å². The molecule has 2 rings (SSSR count). The molecule has 16 heavy (non-hydrogen) atoms. The molecule has 1 heterocycles. The second-order valence-electron chi connectivity index (χ2n) is 4.51. The number of hydrogen-bond donors (Lipinski definition) is 1. The van der Waals surface area contributed by atoms with Crippen molar-refractivity contribution in [3.63, 3.8) is 0 Å². The van der Waals surface area contributed by atoms with Crippen molar-refractivity contribution < 1.29 is 0 Å². The lowest BCUT2D eigenvalue weighted by Crippen LogP contribution is -2.38. The first-order valence-electron chi connectivity index (χ1n) is 6.39. The molecular weight excluding hydrogens is 196 g/mol. The van der Waals surface area contributed by atoms with Crippen LogP contribution in [0.2, 0.25) is 0 Å². The lowest BCUT2D eigenvalue weighted by Gasteiger charge is -2.26. The molecule has 0 aliphatic carbocycles. The van der Waals surface area contributed by atoms with Crippen molar-refractivity contribution in [1.82, 2.24) is 10.2 Å². The van der Waals surface area contributed by atoms with Gasteiger partial charge in [0.2, 0.25) is 0 Å². The molecule has 2 heteroatoms. The van der Waals surface area contributed by atoms with Gasteiger partial charge in [-0.3, -0.25) is 4.90 Å². The van der Waals surface area contributed by atoms with Crippen molar-refractivity contribution in [2.75, 3.05) is 26.2 Å². The van der Waals surface area contributed by atoms with Gasteiger partial charge in [-0.2, -0.15) is 0 Å². The largest absolute Gasteiger partial charge is 0.315 e. The van der Waals surface area contributed by atoms with Crippen molar-refractivity contribution in [2.24, 2.45) is 0 Å². The molecule has 2 nitrogen and oxygen atoms in total. The summed E-state index contributed by atoms with van der Waals surface area (Å²) >= 11 is 0. The van der Waals surface area contributed by atoms with Gasteiger partial charge in [0.1, 0.15) is 0 Å². The smallest absolute Gasteiger partial charge is 0.0232 e. The zero-order valence-electron chi connectivity index (χ0n) is 10.2. The Balaban J connectivity index is 1.83. The summed E-state index contributed by atoms with van der Waals surface area (Å²) in [4.78, 5) is 2.60. The van der Waals surface area contributed by atoms with Gasteiger partial charge in [-0.15, -0.1) is 0 Å². The van der Waals surface area contributed by atoms with Crippen molar-refractivity contribution in [1.29, 1.82) is 0 Å². The molecule has 0 bridgehead atoms. The molecule has 1 aliphatic heterocycles. The first kappa shape index (κ1) is 11.6. The summed E-state index contributed by atoms with van der Waals surface area (Å²) < 4.78 is 0. The molecule has 1 fully saturated rings. The highest BCUT2D eigenvalue weighted by Gasteiger charge is 2.20. The Kier molecular flexibility index (Phi) is 4.37. The predicted octanol–water partition coefficient (Wildman–Crippen LogP) is 1.91. The number of benzene rings is 1. The molecule has 1 atom stereocenters. The van der Waals surface area contributed by atoms with Crippen LogP contribution in [0.5, 0.6) is 0 Å². The summed E-state index contributed by atoms with van der Waals surface area (Å²) in [6.45, 7) is 6.98. The van der Waals surface area contributed by atoms with Crippen molar-refractivity contribution in [2.45, 2.75) is 25.8 Å². The highest BCUT2D eigenvalue weighted by Crippen LogP contribution is 2.09. The van der Waals surface area contributed by atoms with Crippen LogP contribution >= 0.6 is 0 Å². The van der Waals surface area contributed by atoms with E-state index in [4.69, 9.17) is 0 Å². The average Bonchev–Trinajstić information content (AvgIpc) is 2.85. The Bertz CT molecular complexity index is 291. The molecule has 1 aliphatic rings. The van der Waals surface area contributed by atoms with E-state index < -0.39 is 0 Å². The van der Waals surface area contributed by atoms with Crippen LogP contribution in [-0.2, 0) is 6.42 Å². The summed E-state index contributed by atoms with van der Waals surface area (Å²) in [5.74, 6) is 0. The lowest BCUT2D eigenvalue weighted by atomic mass is 10.1. The number of rotatable bonds is 5. The minimum absolute atomic E-state index is 0.758. The summed E-state index contributed by atoms with van der Waals surface area (Å²) in [5.41, 5.74) is 1.45. The molecule has 0 saturated carbocycles. The Morgan fingerprint density at radius 3 is 2.75 bits per heavy atom. The first-order valence-corrected chi connectivity index (χ1v) is 6.39. The lowest BCUT2D eigenvalue weighted by molar-refractivity contribution is 0.222. The van der Waals surface area contributed by atoms with Gasteiger partial charge in [-0.05, 0) is 31.5 Å². The molecule has 0 radical (unpaired) electrons. The summed E-state index contributed by atoms with van der Waals surface area (Å²) in [6, 6.07) is 11.5. The monoisotopic (exact) mass is 218 g/mol. The van der Waals surface area contributed by atoms with Crippen LogP contribution in [0, 0.1) is 0 Å². The maximum atomic E-state index is 3.44. The summed E-state index contributed by atoms with van der Waals surface area (Å²) in [7, 11) is 0. The molecule has 1 N–H and O–H groups in total. The van der Waals surface area contributed by atoms with E-state index in [0.717, 1.165) is 6.04 Å². The van der Waals surface area contributed by atoms with Gasteiger partial charge in [-0.25, -0.2) is 0 Å². The third kappa shape index (κ3) is 3.06. The quantitative estimate of drug-likeness (QED) is 0.812. The van der Waals surface area contributed by atoms with Crippen molar-refractivity contribution in [3.05, 3.63) is 35.9 Å². The highest BCUT2D eigenvalue weighted by atomic mass is 15.2. The minimum atomic E-state index is 0.758. The fraction of sp³-hybridized carbons (Fsp3) is 0.571. The molecule has 0 spiro atoms. The molecular formula is C14H22N2. The van der Waals surface area contributed by atoms with Crippen LogP contribution < -0.4 is 5.32 Å². The minimum Gasteiger partial charge on any atom is -0.315 e. The SMILES string of the molecule is CCN(CCc1ccccc1)C1CCNC1. The zero-order chi connectivity index (χ0) is 11.2. The van der Waals surface area contributed by atoms with E-state index in [-0.39, 0.29) is 0 Å². The third-order valence-electron chi connectivity index (χ3n) is 3.49. The maximum absolute atomic E-state index is 3.44. The summed E-state index contributed by atoms with van der Waals surface area (Å²) in [6.07, 6.45) is 2.48. The predicted molar refractivity (Wildman–Crippen MR) is 68.7 cm³/mol. The number of hydrogen-bond acceptors (Lipinski definition) is 2. The Morgan fingerprint density at radius 1 is 1.31 bits per heavy atom. The fourth-order valence-corrected chi connectivity index (χ4v) is 2.47. The van der Waals surface area contributed by atoms with E-state index in [1.165, 1.54) is 44.6 Å². The fourth-order valence-electron chi connectivity index (χ4n) is 2.47. The van der Waals surface area contributed by atoms with E-state index >= 15 is 0 Å². The van der Waals surface area contributed by atoms with Crippen LogP contribution in [0.25, 0.3) is 0 Å². The topological polar surface area (TPSA) is 15.3 Å². The second kappa shape index (κ2) is 6.02. The van der Waals surface area contributed by atoms with Crippen LogP contribution in [0.15, 0.2) is 30.3 Å². The Hall–Kier alpha value is -0.860. The first-order chi connectivity index (χ1) is 7.90. The molecule has 1 aromatic rings. The third-order valence-corrected chi connectivity index (χ3v) is 3.49. The normalized spacial score (nSPS) is 20.5. The zero-order valence-corrected chi connectivity index (χ0v) is 10.2. The van der Waals surface area contributed by atoms with Crippen LogP contribution in [0.4, 0.5) is 0 Å². The standard InChI is InChI=1S/C14H22N2/c1-2-16(14-8-10-15-12-14)11-9-13-6-4-3-5-7-13/h3-7,14-15H,2,8-12H2,1H3. The molecule has 1 saturated heterocycles. The van der Waals surface area contributed by atoms with E-state index in [2.05, 4.69) is 47.5 Å². The molecule has 1 aromatic carbocycles.